The van der Waals surface area contributed by atoms with Crippen molar-refractivity contribution in [2.75, 3.05) is 22.4 Å². The summed E-state index contributed by atoms with van der Waals surface area (Å²) in [7, 11) is -3.63. The summed E-state index contributed by atoms with van der Waals surface area (Å²) >= 11 is 0. The lowest BCUT2D eigenvalue weighted by atomic mass is 9.48. The van der Waals surface area contributed by atoms with Gasteiger partial charge in [-0.3, -0.25) is 9.10 Å². The molecule has 0 spiro atoms. The fourth-order valence-electron chi connectivity index (χ4n) is 7.50. The lowest BCUT2D eigenvalue weighted by Gasteiger charge is -2.57. The molecule has 188 valence electrons. The molecule has 1 N–H and O–H groups in total. The molecule has 4 aliphatic rings. The average molecular weight is 495 g/mol. The van der Waals surface area contributed by atoms with Crippen LogP contribution in [0, 0.1) is 24.7 Å². The van der Waals surface area contributed by atoms with Crippen LogP contribution in [0.2, 0.25) is 0 Å². The molecule has 6 rings (SSSR count). The number of benzene rings is 2. The zero-order chi connectivity index (χ0) is 25.0. The monoisotopic (exact) mass is 494 g/mol. The molecule has 4 saturated carbocycles. The maximum Gasteiger partial charge on any atom is 0.245 e. The predicted octanol–water partition coefficient (Wildman–Crippen LogP) is 5.99. The van der Waals surface area contributed by atoms with Gasteiger partial charge in [-0.05, 0) is 103 Å². The molecule has 35 heavy (non-hydrogen) atoms. The molecule has 4 aliphatic carbocycles. The number of para-hydroxylation sites is 1. The topological polar surface area (TPSA) is 66.5 Å². The van der Waals surface area contributed by atoms with E-state index in [9.17, 15) is 13.2 Å². The molecule has 0 unspecified atom stereocenters. The molecule has 6 heteroatoms. The maximum atomic E-state index is 13.0. The first kappa shape index (κ1) is 24.4. The number of carbonyl (C=O) groups is 1. The Kier molecular flexibility index (Phi) is 6.23. The van der Waals surface area contributed by atoms with Gasteiger partial charge in [0.1, 0.15) is 6.54 Å². The van der Waals surface area contributed by atoms with Crippen molar-refractivity contribution in [3.8, 4) is 0 Å². The Balaban J connectivity index is 1.36. The second-order valence-electron chi connectivity index (χ2n) is 11.8. The summed E-state index contributed by atoms with van der Waals surface area (Å²) in [6, 6.07) is 14.0. The van der Waals surface area contributed by atoms with Crippen LogP contribution in [0.5, 0.6) is 0 Å². The van der Waals surface area contributed by atoms with Crippen LogP contribution in [0.1, 0.15) is 75.0 Å². The van der Waals surface area contributed by atoms with Crippen LogP contribution in [0.3, 0.4) is 0 Å². The van der Waals surface area contributed by atoms with E-state index in [0.717, 1.165) is 34.6 Å². The van der Waals surface area contributed by atoms with Crippen LogP contribution < -0.4 is 9.62 Å². The van der Waals surface area contributed by atoms with Crippen LogP contribution >= 0.6 is 0 Å². The molecule has 5 nitrogen and oxygen atoms in total. The van der Waals surface area contributed by atoms with Gasteiger partial charge in [0, 0.05) is 5.69 Å². The number of anilines is 2. The van der Waals surface area contributed by atoms with E-state index in [1.165, 1.54) is 54.6 Å². The lowest BCUT2D eigenvalue weighted by Crippen LogP contribution is -2.48. The molecule has 2 aromatic rings. The average Bonchev–Trinajstić information content (AvgIpc) is 2.77. The molecule has 0 heterocycles. The van der Waals surface area contributed by atoms with E-state index in [0.29, 0.717) is 5.69 Å². The van der Waals surface area contributed by atoms with Crippen molar-refractivity contribution in [1.29, 1.82) is 0 Å². The number of carbonyl (C=O) groups excluding carboxylic acids is 1. The Morgan fingerprint density at radius 3 is 2.09 bits per heavy atom. The van der Waals surface area contributed by atoms with Gasteiger partial charge >= 0.3 is 0 Å². The fraction of sp³-hybridized carbons (Fsp3) is 0.552. The lowest BCUT2D eigenvalue weighted by molar-refractivity contribution is -0.114. The molecule has 0 saturated heterocycles. The summed E-state index contributed by atoms with van der Waals surface area (Å²) in [6.07, 6.45) is 9.16. The van der Waals surface area contributed by atoms with Gasteiger partial charge in [0.2, 0.25) is 15.9 Å². The van der Waals surface area contributed by atoms with Crippen molar-refractivity contribution in [3.63, 3.8) is 0 Å². The summed E-state index contributed by atoms with van der Waals surface area (Å²) < 4.78 is 26.7. The van der Waals surface area contributed by atoms with Crippen molar-refractivity contribution >= 4 is 27.3 Å². The molecule has 2 aromatic carbocycles. The number of nitrogens with one attached hydrogen (secondary N) is 1. The van der Waals surface area contributed by atoms with E-state index in [-0.39, 0.29) is 23.8 Å². The molecule has 4 bridgehead atoms. The van der Waals surface area contributed by atoms with Gasteiger partial charge in [-0.25, -0.2) is 8.42 Å². The van der Waals surface area contributed by atoms with Crippen molar-refractivity contribution in [2.45, 2.75) is 70.6 Å². The highest BCUT2D eigenvalue weighted by atomic mass is 32.2. The fourth-order valence-corrected chi connectivity index (χ4v) is 8.35. The Hall–Kier alpha value is -2.34. The van der Waals surface area contributed by atoms with Crippen LogP contribution in [-0.4, -0.2) is 27.1 Å². The highest BCUT2D eigenvalue weighted by Gasteiger charge is 2.51. The number of hydrogen-bond acceptors (Lipinski definition) is 3. The van der Waals surface area contributed by atoms with Gasteiger partial charge in [-0.1, -0.05) is 44.2 Å². The van der Waals surface area contributed by atoms with Gasteiger partial charge in [-0.15, -0.1) is 0 Å². The Bertz CT molecular complexity index is 1180. The van der Waals surface area contributed by atoms with Gasteiger partial charge < -0.3 is 5.32 Å². The summed E-state index contributed by atoms with van der Waals surface area (Å²) in [5, 5.41) is 2.99. The van der Waals surface area contributed by atoms with Crippen molar-refractivity contribution in [1.82, 2.24) is 0 Å². The van der Waals surface area contributed by atoms with Crippen LogP contribution in [-0.2, 0) is 20.2 Å². The van der Waals surface area contributed by atoms with E-state index < -0.39 is 10.0 Å². The summed E-state index contributed by atoms with van der Waals surface area (Å²) in [5.74, 6) is 2.48. The van der Waals surface area contributed by atoms with Gasteiger partial charge in [0.25, 0.3) is 0 Å². The smallest absolute Gasteiger partial charge is 0.245 e. The van der Waals surface area contributed by atoms with Crippen molar-refractivity contribution in [3.05, 3.63) is 59.2 Å². The van der Waals surface area contributed by atoms with Gasteiger partial charge in [0.05, 0.1) is 11.9 Å². The van der Waals surface area contributed by atoms with Gasteiger partial charge in [0.15, 0.2) is 0 Å². The van der Waals surface area contributed by atoms with Crippen molar-refractivity contribution in [2.24, 2.45) is 17.8 Å². The molecule has 1 amide bonds. The summed E-state index contributed by atoms with van der Waals surface area (Å²) in [6.45, 7) is 5.87. The zero-order valence-corrected chi connectivity index (χ0v) is 22.2. The second kappa shape index (κ2) is 8.95. The largest absolute Gasteiger partial charge is 0.324 e. The third-order valence-electron chi connectivity index (χ3n) is 8.68. The Labute approximate surface area is 210 Å². The predicted molar refractivity (Wildman–Crippen MR) is 142 cm³/mol. The molecule has 0 aliphatic heterocycles. The highest BCUT2D eigenvalue weighted by molar-refractivity contribution is 7.92. The number of amides is 1. The third-order valence-corrected chi connectivity index (χ3v) is 9.83. The Morgan fingerprint density at radius 2 is 1.57 bits per heavy atom. The minimum Gasteiger partial charge on any atom is -0.324 e. The van der Waals surface area contributed by atoms with E-state index in [4.69, 9.17) is 0 Å². The number of nitrogens with zero attached hydrogens (tertiary/aromatic N) is 1. The third kappa shape index (κ3) is 4.74. The molecule has 0 atom stereocenters. The standard InChI is InChI=1S/C29H38N2O3S/c1-19(2)26-7-5-6-20(3)28(26)30-27(32)18-31(35(4,33)34)25-10-8-24(9-11-25)29-15-21-12-22(16-29)14-23(13-21)17-29/h5-11,19,21-23H,12-18H2,1-4H3,(H,30,32). The summed E-state index contributed by atoms with van der Waals surface area (Å²) in [5.41, 5.74) is 4.95. The first-order chi connectivity index (χ1) is 16.5. The maximum absolute atomic E-state index is 13.0. The number of aryl methyl sites for hydroxylation is 1. The molecule has 4 fully saturated rings. The summed E-state index contributed by atoms with van der Waals surface area (Å²) in [4.78, 5) is 13.0. The van der Waals surface area contributed by atoms with Gasteiger partial charge in [-0.2, -0.15) is 0 Å². The Morgan fingerprint density at radius 1 is 1.00 bits per heavy atom. The number of sulfonamides is 1. The van der Waals surface area contributed by atoms with Crippen LogP contribution in [0.4, 0.5) is 11.4 Å². The van der Waals surface area contributed by atoms with E-state index in [1.807, 2.05) is 37.3 Å². The van der Waals surface area contributed by atoms with E-state index in [2.05, 4.69) is 31.3 Å². The number of hydrogen-bond donors (Lipinski definition) is 1. The first-order valence-electron chi connectivity index (χ1n) is 13.0. The zero-order valence-electron chi connectivity index (χ0n) is 21.4. The SMILES string of the molecule is Cc1cccc(C(C)C)c1NC(=O)CN(c1ccc(C23CC4CC(CC(C4)C2)C3)cc1)S(C)(=O)=O. The quantitative estimate of drug-likeness (QED) is 0.514. The minimum absolute atomic E-state index is 0.244. The molecule has 0 radical (unpaired) electrons. The minimum atomic E-state index is -3.63. The van der Waals surface area contributed by atoms with E-state index in [1.54, 1.807) is 0 Å². The first-order valence-corrected chi connectivity index (χ1v) is 14.9. The molecule has 0 aromatic heterocycles. The second-order valence-corrected chi connectivity index (χ2v) is 13.7. The highest BCUT2D eigenvalue weighted by Crippen LogP contribution is 2.60. The molecular weight excluding hydrogens is 456 g/mol. The van der Waals surface area contributed by atoms with Crippen LogP contribution in [0.25, 0.3) is 0 Å². The van der Waals surface area contributed by atoms with E-state index >= 15 is 0 Å². The van der Waals surface area contributed by atoms with Crippen LogP contribution in [0.15, 0.2) is 42.5 Å². The molecular formula is C29H38N2O3S. The normalized spacial score (nSPS) is 27.3. The number of rotatable bonds is 7. The van der Waals surface area contributed by atoms with Crippen molar-refractivity contribution < 1.29 is 13.2 Å².